The van der Waals surface area contributed by atoms with Crippen molar-refractivity contribution in [3.8, 4) is 5.75 Å². The van der Waals surface area contributed by atoms with Crippen molar-refractivity contribution in [2.24, 2.45) is 5.84 Å². The van der Waals surface area contributed by atoms with Gasteiger partial charge in [-0.25, -0.2) is 10.2 Å². The SMILES string of the molecule is NNC(=O)CCCOc1cc(F)c(Br)cc1[N+](=O)[O-]. The van der Waals surface area contributed by atoms with Crippen LogP contribution in [-0.2, 0) is 4.79 Å². The molecule has 0 radical (unpaired) electrons. The maximum Gasteiger partial charge on any atom is 0.312 e. The number of nitrogens with zero attached hydrogens (tertiary/aromatic N) is 1. The molecule has 0 aromatic heterocycles. The number of halogens is 2. The molecule has 0 aliphatic heterocycles. The summed E-state index contributed by atoms with van der Waals surface area (Å²) in [6.45, 7) is 0.0370. The van der Waals surface area contributed by atoms with Gasteiger partial charge in [-0.3, -0.25) is 20.3 Å². The van der Waals surface area contributed by atoms with E-state index in [4.69, 9.17) is 10.6 Å². The van der Waals surface area contributed by atoms with E-state index in [0.29, 0.717) is 6.42 Å². The maximum atomic E-state index is 13.3. The molecule has 0 aliphatic rings. The van der Waals surface area contributed by atoms with Crippen LogP contribution in [0.4, 0.5) is 10.1 Å². The van der Waals surface area contributed by atoms with E-state index < -0.39 is 10.7 Å². The van der Waals surface area contributed by atoms with Gasteiger partial charge in [0.05, 0.1) is 16.0 Å². The molecule has 3 N–H and O–H groups in total. The van der Waals surface area contributed by atoms with Crippen LogP contribution in [0.5, 0.6) is 5.75 Å². The number of rotatable bonds is 6. The fourth-order valence-electron chi connectivity index (χ4n) is 1.26. The summed E-state index contributed by atoms with van der Waals surface area (Å²) in [5, 5.41) is 10.8. The lowest BCUT2D eigenvalue weighted by Crippen LogP contribution is -2.29. The molecule has 9 heteroatoms. The predicted octanol–water partition coefficient (Wildman–Crippen LogP) is 1.65. The van der Waals surface area contributed by atoms with Crippen LogP contribution in [0.15, 0.2) is 16.6 Å². The highest BCUT2D eigenvalue weighted by Crippen LogP contribution is 2.32. The van der Waals surface area contributed by atoms with E-state index in [-0.39, 0.29) is 34.8 Å². The highest BCUT2D eigenvalue weighted by molar-refractivity contribution is 9.10. The zero-order valence-electron chi connectivity index (χ0n) is 9.69. The van der Waals surface area contributed by atoms with Gasteiger partial charge in [-0.2, -0.15) is 0 Å². The Hall–Kier alpha value is -1.74. The van der Waals surface area contributed by atoms with Crippen molar-refractivity contribution >= 4 is 27.5 Å². The molecule has 0 saturated carbocycles. The first-order chi connectivity index (χ1) is 8.95. The molecule has 0 unspecified atom stereocenters. The molecule has 104 valence electrons. The number of nitrogens with one attached hydrogen (secondary N) is 1. The smallest absolute Gasteiger partial charge is 0.312 e. The fraction of sp³-hybridized carbons (Fsp3) is 0.300. The highest BCUT2D eigenvalue weighted by Gasteiger charge is 2.18. The molecule has 0 bridgehead atoms. The van der Waals surface area contributed by atoms with Crippen LogP contribution >= 0.6 is 15.9 Å². The minimum absolute atomic E-state index is 0.0194. The zero-order valence-corrected chi connectivity index (χ0v) is 11.3. The Bertz CT molecular complexity index is 498. The minimum Gasteiger partial charge on any atom is -0.487 e. The number of hydrazine groups is 1. The van der Waals surface area contributed by atoms with Gasteiger partial charge >= 0.3 is 5.69 Å². The lowest BCUT2D eigenvalue weighted by Gasteiger charge is -2.07. The van der Waals surface area contributed by atoms with Crippen molar-refractivity contribution in [3.05, 3.63) is 32.5 Å². The molecule has 0 fully saturated rings. The van der Waals surface area contributed by atoms with Crippen LogP contribution in [0.3, 0.4) is 0 Å². The molecule has 0 atom stereocenters. The molecule has 19 heavy (non-hydrogen) atoms. The number of nitrogens with two attached hydrogens (primary N) is 1. The second-order valence-electron chi connectivity index (χ2n) is 3.51. The Labute approximate surface area is 116 Å². The van der Waals surface area contributed by atoms with Crippen LogP contribution in [-0.4, -0.2) is 17.4 Å². The average Bonchev–Trinajstić information content (AvgIpc) is 2.37. The maximum absolute atomic E-state index is 13.3. The van der Waals surface area contributed by atoms with E-state index in [9.17, 15) is 19.3 Å². The molecule has 0 spiro atoms. The van der Waals surface area contributed by atoms with Crippen molar-refractivity contribution in [1.82, 2.24) is 5.43 Å². The van der Waals surface area contributed by atoms with Gasteiger partial charge in [0.25, 0.3) is 0 Å². The summed E-state index contributed by atoms with van der Waals surface area (Å²) in [6, 6.07) is 1.95. The molecule has 1 aromatic carbocycles. The Morgan fingerprint density at radius 1 is 1.58 bits per heavy atom. The third-order valence-electron chi connectivity index (χ3n) is 2.17. The monoisotopic (exact) mass is 335 g/mol. The quantitative estimate of drug-likeness (QED) is 0.270. The van der Waals surface area contributed by atoms with Gasteiger partial charge in [-0.05, 0) is 22.4 Å². The van der Waals surface area contributed by atoms with Gasteiger partial charge < -0.3 is 4.74 Å². The molecule has 7 nitrogen and oxygen atoms in total. The Balaban J connectivity index is 2.69. The number of ether oxygens (including phenoxy) is 1. The number of hydrogen-bond donors (Lipinski definition) is 2. The van der Waals surface area contributed by atoms with Gasteiger partial charge in [0.1, 0.15) is 5.82 Å². The number of carbonyl (C=O) groups excluding carboxylic acids is 1. The highest BCUT2D eigenvalue weighted by atomic mass is 79.9. The number of benzene rings is 1. The van der Waals surface area contributed by atoms with Crippen molar-refractivity contribution in [2.45, 2.75) is 12.8 Å². The summed E-state index contributed by atoms with van der Waals surface area (Å²) in [5.74, 6) is 3.66. The zero-order chi connectivity index (χ0) is 14.4. The lowest BCUT2D eigenvalue weighted by atomic mass is 10.3. The second kappa shape index (κ2) is 7.00. The summed E-state index contributed by atoms with van der Waals surface area (Å²) < 4.78 is 18.4. The third kappa shape index (κ3) is 4.45. The Morgan fingerprint density at radius 3 is 2.84 bits per heavy atom. The summed E-state index contributed by atoms with van der Waals surface area (Å²) in [7, 11) is 0. The first-order valence-corrected chi connectivity index (χ1v) is 6.00. The summed E-state index contributed by atoms with van der Waals surface area (Å²) in [6.07, 6.45) is 0.418. The first kappa shape index (κ1) is 15.3. The van der Waals surface area contributed by atoms with Crippen LogP contribution in [0.1, 0.15) is 12.8 Å². The van der Waals surface area contributed by atoms with Gasteiger partial charge in [0.15, 0.2) is 5.75 Å². The van der Waals surface area contributed by atoms with E-state index in [0.717, 1.165) is 12.1 Å². The standard InChI is InChI=1S/C10H11BrFN3O4/c11-6-4-8(15(17)18)9(5-7(6)12)19-3-1-2-10(16)14-13/h4-5H,1-3,13H2,(H,14,16). The Kier molecular flexibility index (Phi) is 5.64. The number of nitro benzene ring substituents is 1. The van der Waals surface area contributed by atoms with Crippen molar-refractivity contribution < 1.29 is 18.8 Å². The van der Waals surface area contributed by atoms with Gasteiger partial charge in [0, 0.05) is 18.6 Å². The number of carbonyl (C=O) groups is 1. The van der Waals surface area contributed by atoms with Crippen LogP contribution < -0.4 is 16.0 Å². The summed E-state index contributed by atoms with van der Waals surface area (Å²) >= 11 is 2.86. The number of amides is 1. The molecule has 0 heterocycles. The van der Waals surface area contributed by atoms with E-state index >= 15 is 0 Å². The van der Waals surface area contributed by atoms with Gasteiger partial charge in [0.2, 0.25) is 5.91 Å². The number of nitro groups is 1. The second-order valence-corrected chi connectivity index (χ2v) is 4.37. The summed E-state index contributed by atoms with van der Waals surface area (Å²) in [4.78, 5) is 20.9. The van der Waals surface area contributed by atoms with Crippen LogP contribution in [0.25, 0.3) is 0 Å². The largest absolute Gasteiger partial charge is 0.487 e. The van der Waals surface area contributed by atoms with Gasteiger partial charge in [-0.15, -0.1) is 0 Å². The molecule has 1 amide bonds. The number of hydrogen-bond acceptors (Lipinski definition) is 5. The molecular formula is C10H11BrFN3O4. The Morgan fingerprint density at radius 2 is 2.26 bits per heavy atom. The average molecular weight is 336 g/mol. The van der Waals surface area contributed by atoms with Crippen molar-refractivity contribution in [2.75, 3.05) is 6.61 Å². The van der Waals surface area contributed by atoms with Crippen molar-refractivity contribution in [1.29, 1.82) is 0 Å². The van der Waals surface area contributed by atoms with Crippen LogP contribution in [0, 0.1) is 15.9 Å². The molecule has 0 aliphatic carbocycles. The van der Waals surface area contributed by atoms with E-state index in [1.165, 1.54) is 0 Å². The van der Waals surface area contributed by atoms with E-state index in [1.807, 2.05) is 5.43 Å². The predicted molar refractivity (Wildman–Crippen MR) is 67.8 cm³/mol. The van der Waals surface area contributed by atoms with Gasteiger partial charge in [-0.1, -0.05) is 0 Å². The minimum atomic E-state index is -0.674. The summed E-state index contributed by atoms with van der Waals surface area (Å²) in [5.41, 5.74) is 1.59. The van der Waals surface area contributed by atoms with E-state index in [1.54, 1.807) is 0 Å². The molecule has 0 saturated heterocycles. The fourth-order valence-corrected chi connectivity index (χ4v) is 1.59. The van der Waals surface area contributed by atoms with E-state index in [2.05, 4.69) is 15.9 Å². The van der Waals surface area contributed by atoms with Crippen LogP contribution in [0.2, 0.25) is 0 Å². The first-order valence-electron chi connectivity index (χ1n) is 5.21. The molecular weight excluding hydrogens is 325 g/mol. The topological polar surface area (TPSA) is 107 Å². The third-order valence-corrected chi connectivity index (χ3v) is 2.77. The molecule has 1 rings (SSSR count). The normalized spacial score (nSPS) is 10.1. The molecule has 1 aromatic rings. The van der Waals surface area contributed by atoms with Crippen molar-refractivity contribution in [3.63, 3.8) is 0 Å². The lowest BCUT2D eigenvalue weighted by molar-refractivity contribution is -0.386.